The molecule has 1 unspecified atom stereocenters. The van der Waals surface area contributed by atoms with Crippen LogP contribution in [-0.2, 0) is 11.3 Å². The summed E-state index contributed by atoms with van der Waals surface area (Å²) in [6.45, 7) is 6.81. The van der Waals surface area contributed by atoms with E-state index < -0.39 is 0 Å². The van der Waals surface area contributed by atoms with Crippen LogP contribution in [0.25, 0.3) is 0 Å². The molecule has 2 rings (SSSR count). The minimum Gasteiger partial charge on any atom is -0.368 e. The van der Waals surface area contributed by atoms with Crippen LogP contribution in [0.2, 0.25) is 5.02 Å². The van der Waals surface area contributed by atoms with Crippen LogP contribution in [0.15, 0.2) is 24.3 Å². The topological polar surface area (TPSA) is 12.5 Å². The molecule has 0 saturated carbocycles. The fraction of sp³-hybridized carbons (Fsp3) is 0.571. The zero-order valence-electron chi connectivity index (χ0n) is 10.8. The highest BCUT2D eigenvalue weighted by Gasteiger charge is 2.32. The predicted molar refractivity (Wildman–Crippen MR) is 76.4 cm³/mol. The molecule has 1 heterocycles. The van der Waals surface area contributed by atoms with E-state index in [9.17, 15) is 0 Å². The van der Waals surface area contributed by atoms with E-state index in [1.165, 1.54) is 0 Å². The van der Waals surface area contributed by atoms with Crippen molar-refractivity contribution in [3.8, 4) is 0 Å². The van der Waals surface area contributed by atoms with E-state index in [1.54, 1.807) is 0 Å². The first-order valence-electron chi connectivity index (χ1n) is 6.20. The van der Waals surface area contributed by atoms with Crippen LogP contribution in [0.3, 0.4) is 0 Å². The van der Waals surface area contributed by atoms with Gasteiger partial charge >= 0.3 is 0 Å². The van der Waals surface area contributed by atoms with Crippen LogP contribution in [-0.4, -0.2) is 35.6 Å². The predicted octanol–water partition coefficient (Wildman–Crippen LogP) is 3.56. The molecule has 4 heteroatoms. The average Bonchev–Trinajstić information content (AvgIpc) is 2.30. The third-order valence-electron chi connectivity index (χ3n) is 3.08. The second-order valence-corrected chi connectivity index (χ2v) is 6.13. The Balaban J connectivity index is 2.07. The maximum Gasteiger partial charge on any atom is 0.0845 e. The molecule has 100 valence electrons. The van der Waals surface area contributed by atoms with Crippen molar-refractivity contribution in [2.45, 2.75) is 32.1 Å². The van der Waals surface area contributed by atoms with Crippen molar-refractivity contribution in [2.75, 3.05) is 19.0 Å². The Morgan fingerprint density at radius 3 is 2.78 bits per heavy atom. The van der Waals surface area contributed by atoms with Gasteiger partial charge in [0.25, 0.3) is 0 Å². The van der Waals surface area contributed by atoms with Crippen molar-refractivity contribution in [1.29, 1.82) is 0 Å². The number of nitrogens with zero attached hydrogens (tertiary/aromatic N) is 1. The number of benzene rings is 1. The van der Waals surface area contributed by atoms with Crippen LogP contribution in [0.1, 0.15) is 19.4 Å². The number of hydrogen-bond donors (Lipinski definition) is 0. The lowest BCUT2D eigenvalue weighted by molar-refractivity contribution is -0.129. The summed E-state index contributed by atoms with van der Waals surface area (Å²) < 4.78 is 5.91. The molecule has 0 bridgehead atoms. The van der Waals surface area contributed by atoms with Crippen molar-refractivity contribution in [1.82, 2.24) is 4.90 Å². The van der Waals surface area contributed by atoms with Crippen LogP contribution in [0.5, 0.6) is 0 Å². The summed E-state index contributed by atoms with van der Waals surface area (Å²) >= 11 is 12.1. The van der Waals surface area contributed by atoms with Gasteiger partial charge in [-0.2, -0.15) is 0 Å². The number of hydrogen-bond acceptors (Lipinski definition) is 2. The molecule has 0 amide bonds. The summed E-state index contributed by atoms with van der Waals surface area (Å²) in [5.74, 6) is 0.530. The van der Waals surface area contributed by atoms with E-state index in [0.29, 0.717) is 5.88 Å². The normalized spacial score (nSPS) is 24.1. The Kier molecular flexibility index (Phi) is 4.54. The second-order valence-electron chi connectivity index (χ2n) is 5.41. The lowest BCUT2D eigenvalue weighted by atomic mass is 10.0. The van der Waals surface area contributed by atoms with Crippen molar-refractivity contribution in [3.63, 3.8) is 0 Å². The minimum absolute atomic E-state index is 0.0953. The Morgan fingerprint density at radius 2 is 2.11 bits per heavy atom. The lowest BCUT2D eigenvalue weighted by Gasteiger charge is -2.42. The Hall–Kier alpha value is -0.280. The third kappa shape index (κ3) is 3.61. The second kappa shape index (κ2) is 5.79. The van der Waals surface area contributed by atoms with E-state index in [2.05, 4.69) is 24.8 Å². The third-order valence-corrected chi connectivity index (χ3v) is 3.79. The Bertz CT molecular complexity index is 409. The van der Waals surface area contributed by atoms with Gasteiger partial charge in [-0.1, -0.05) is 29.8 Å². The number of ether oxygens (including phenoxy) is 1. The number of rotatable bonds is 3. The average molecular weight is 288 g/mol. The molecule has 1 aliphatic heterocycles. The standard InChI is InChI=1S/C14H19Cl2NO/c1-14(2)10-17(9-12(7-15)18-14)8-11-5-3-4-6-13(11)16/h3-6,12H,7-10H2,1-2H3. The molecule has 18 heavy (non-hydrogen) atoms. The van der Waals surface area contributed by atoms with E-state index in [1.807, 2.05) is 18.2 Å². The van der Waals surface area contributed by atoms with Crippen molar-refractivity contribution in [3.05, 3.63) is 34.9 Å². The number of halogens is 2. The smallest absolute Gasteiger partial charge is 0.0845 e. The molecule has 1 aromatic carbocycles. The maximum atomic E-state index is 6.20. The molecule has 1 atom stereocenters. The highest BCUT2D eigenvalue weighted by Crippen LogP contribution is 2.25. The minimum atomic E-state index is -0.154. The number of morpholine rings is 1. The summed E-state index contributed by atoms with van der Waals surface area (Å²) in [7, 11) is 0. The summed E-state index contributed by atoms with van der Waals surface area (Å²) in [5, 5.41) is 0.823. The van der Waals surface area contributed by atoms with Crippen LogP contribution in [0, 0.1) is 0 Å². The van der Waals surface area contributed by atoms with Crippen LogP contribution < -0.4 is 0 Å². The molecule has 0 spiro atoms. The van der Waals surface area contributed by atoms with Gasteiger partial charge in [-0.25, -0.2) is 0 Å². The molecular formula is C14H19Cl2NO. The lowest BCUT2D eigenvalue weighted by Crippen LogP contribution is -2.52. The monoisotopic (exact) mass is 287 g/mol. The molecule has 1 saturated heterocycles. The van der Waals surface area contributed by atoms with Gasteiger partial charge in [0, 0.05) is 30.5 Å². The van der Waals surface area contributed by atoms with Gasteiger partial charge in [-0.3, -0.25) is 4.90 Å². The number of alkyl halides is 1. The molecule has 1 aliphatic rings. The zero-order chi connectivity index (χ0) is 13.2. The molecule has 0 aromatic heterocycles. The first-order chi connectivity index (χ1) is 8.50. The van der Waals surface area contributed by atoms with Crippen molar-refractivity contribution in [2.24, 2.45) is 0 Å². The molecule has 0 N–H and O–H groups in total. The van der Waals surface area contributed by atoms with Crippen LogP contribution >= 0.6 is 23.2 Å². The summed E-state index contributed by atoms with van der Waals surface area (Å²) in [4.78, 5) is 2.36. The van der Waals surface area contributed by atoms with Gasteiger partial charge in [0.05, 0.1) is 11.7 Å². The summed E-state index contributed by atoms with van der Waals surface area (Å²) in [6.07, 6.45) is 0.0953. The van der Waals surface area contributed by atoms with E-state index >= 15 is 0 Å². The largest absolute Gasteiger partial charge is 0.368 e. The highest BCUT2D eigenvalue weighted by molar-refractivity contribution is 6.31. The summed E-state index contributed by atoms with van der Waals surface area (Å²) in [5.41, 5.74) is 1.00. The van der Waals surface area contributed by atoms with Gasteiger partial charge in [-0.15, -0.1) is 11.6 Å². The first kappa shape index (κ1) is 14.1. The van der Waals surface area contributed by atoms with Crippen molar-refractivity contribution < 1.29 is 4.74 Å². The van der Waals surface area contributed by atoms with Gasteiger partial charge < -0.3 is 4.74 Å². The van der Waals surface area contributed by atoms with E-state index in [4.69, 9.17) is 27.9 Å². The maximum absolute atomic E-state index is 6.20. The van der Waals surface area contributed by atoms with Crippen molar-refractivity contribution >= 4 is 23.2 Å². The van der Waals surface area contributed by atoms with Gasteiger partial charge in [0.2, 0.25) is 0 Å². The molecule has 0 radical (unpaired) electrons. The molecule has 2 nitrogen and oxygen atoms in total. The van der Waals surface area contributed by atoms with Crippen LogP contribution in [0.4, 0.5) is 0 Å². The SMILES string of the molecule is CC1(C)CN(Cc2ccccc2Cl)CC(CCl)O1. The Morgan fingerprint density at radius 1 is 1.39 bits per heavy atom. The Labute approximate surface area is 119 Å². The van der Waals surface area contributed by atoms with Gasteiger partial charge in [0.1, 0.15) is 0 Å². The van der Waals surface area contributed by atoms with Gasteiger partial charge in [0.15, 0.2) is 0 Å². The van der Waals surface area contributed by atoms with E-state index in [0.717, 1.165) is 30.2 Å². The molecule has 1 fully saturated rings. The fourth-order valence-electron chi connectivity index (χ4n) is 2.49. The molecular weight excluding hydrogens is 269 g/mol. The first-order valence-corrected chi connectivity index (χ1v) is 7.11. The zero-order valence-corrected chi connectivity index (χ0v) is 12.3. The fourth-order valence-corrected chi connectivity index (χ4v) is 2.84. The van der Waals surface area contributed by atoms with Gasteiger partial charge in [-0.05, 0) is 25.5 Å². The molecule has 1 aromatic rings. The van der Waals surface area contributed by atoms with E-state index in [-0.39, 0.29) is 11.7 Å². The highest BCUT2D eigenvalue weighted by atomic mass is 35.5. The quantitative estimate of drug-likeness (QED) is 0.789. The summed E-state index contributed by atoms with van der Waals surface area (Å²) in [6, 6.07) is 7.98. The molecule has 0 aliphatic carbocycles.